The number of hydrogen-bond acceptors (Lipinski definition) is 5. The highest BCUT2D eigenvalue weighted by molar-refractivity contribution is 7.86. The first kappa shape index (κ1) is 18.2. The van der Waals surface area contributed by atoms with Crippen molar-refractivity contribution in [3.8, 4) is 5.75 Å². The summed E-state index contributed by atoms with van der Waals surface area (Å²) in [6.45, 7) is 3.55. The van der Waals surface area contributed by atoms with Crippen LogP contribution in [-0.2, 0) is 19.6 Å². The van der Waals surface area contributed by atoms with Gasteiger partial charge in [0.15, 0.2) is 6.29 Å². The minimum Gasteiger partial charge on any atom is -0.492 e. The standard InChI is InChI=1S/C16H24O6S/c1-13-7-8-15(23(17,18)19)14(12-13)20-9-4-5-11-22-16-6-2-3-10-21-16/h7-8,12,16H,2-6,9-11H2,1H3,(H,17,18,19)/t16-/m0/s1. The second kappa shape index (κ2) is 8.63. The summed E-state index contributed by atoms with van der Waals surface area (Å²) >= 11 is 0. The first-order valence-electron chi connectivity index (χ1n) is 7.91. The second-order valence-electron chi connectivity index (χ2n) is 5.65. The van der Waals surface area contributed by atoms with Gasteiger partial charge in [0.05, 0.1) is 6.61 Å². The zero-order valence-electron chi connectivity index (χ0n) is 13.4. The van der Waals surface area contributed by atoms with Gasteiger partial charge < -0.3 is 14.2 Å². The van der Waals surface area contributed by atoms with Crippen LogP contribution in [-0.4, -0.2) is 39.1 Å². The van der Waals surface area contributed by atoms with Crippen LogP contribution in [0.2, 0.25) is 0 Å². The van der Waals surface area contributed by atoms with Gasteiger partial charge in [0.25, 0.3) is 10.1 Å². The van der Waals surface area contributed by atoms with Crippen molar-refractivity contribution in [1.82, 2.24) is 0 Å². The Bertz CT molecular complexity index is 593. The number of rotatable bonds is 8. The van der Waals surface area contributed by atoms with Crippen molar-refractivity contribution in [3.63, 3.8) is 0 Å². The fraction of sp³-hybridized carbons (Fsp3) is 0.625. The summed E-state index contributed by atoms with van der Waals surface area (Å²) in [5.41, 5.74) is 0.866. The first-order valence-corrected chi connectivity index (χ1v) is 9.35. The Labute approximate surface area is 137 Å². The SMILES string of the molecule is Cc1ccc(S(=O)(=O)O)c(OCCCCO[C@H]2CCCCO2)c1. The fourth-order valence-corrected chi connectivity index (χ4v) is 3.00. The number of aryl methyl sites for hydroxylation is 1. The predicted molar refractivity (Wildman–Crippen MR) is 85.3 cm³/mol. The van der Waals surface area contributed by atoms with Gasteiger partial charge in [-0.25, -0.2) is 0 Å². The van der Waals surface area contributed by atoms with E-state index in [9.17, 15) is 13.0 Å². The van der Waals surface area contributed by atoms with Gasteiger partial charge in [0.2, 0.25) is 0 Å². The Morgan fingerprint density at radius 1 is 1.26 bits per heavy atom. The summed E-state index contributed by atoms with van der Waals surface area (Å²) in [6.07, 6.45) is 4.61. The molecule has 0 spiro atoms. The van der Waals surface area contributed by atoms with Crippen molar-refractivity contribution in [2.24, 2.45) is 0 Å². The topological polar surface area (TPSA) is 82.1 Å². The van der Waals surface area contributed by atoms with E-state index < -0.39 is 10.1 Å². The quantitative estimate of drug-likeness (QED) is 0.577. The zero-order chi connectivity index (χ0) is 16.7. The van der Waals surface area contributed by atoms with E-state index in [1.54, 1.807) is 12.1 Å². The molecule has 0 bridgehead atoms. The molecule has 1 fully saturated rings. The lowest BCUT2D eigenvalue weighted by Crippen LogP contribution is -2.22. The van der Waals surface area contributed by atoms with Crippen molar-refractivity contribution in [2.45, 2.75) is 50.2 Å². The Kier molecular flexibility index (Phi) is 6.83. The van der Waals surface area contributed by atoms with Gasteiger partial charge in [-0.15, -0.1) is 0 Å². The van der Waals surface area contributed by atoms with Crippen LogP contribution in [0.5, 0.6) is 5.75 Å². The van der Waals surface area contributed by atoms with Crippen molar-refractivity contribution in [1.29, 1.82) is 0 Å². The molecule has 130 valence electrons. The van der Waals surface area contributed by atoms with Crippen molar-refractivity contribution in [3.05, 3.63) is 23.8 Å². The van der Waals surface area contributed by atoms with Crippen LogP contribution in [0.3, 0.4) is 0 Å². The van der Waals surface area contributed by atoms with E-state index in [0.717, 1.165) is 44.3 Å². The van der Waals surface area contributed by atoms with Crippen LogP contribution >= 0.6 is 0 Å². The van der Waals surface area contributed by atoms with Crippen LogP contribution in [0.15, 0.2) is 23.1 Å². The smallest absolute Gasteiger partial charge is 0.298 e. The van der Waals surface area contributed by atoms with Gasteiger partial charge in [-0.2, -0.15) is 8.42 Å². The van der Waals surface area contributed by atoms with Gasteiger partial charge in [-0.3, -0.25) is 4.55 Å². The normalized spacial score (nSPS) is 18.8. The highest BCUT2D eigenvalue weighted by Crippen LogP contribution is 2.25. The van der Waals surface area contributed by atoms with Gasteiger partial charge in [0.1, 0.15) is 10.6 Å². The molecular weight excluding hydrogens is 320 g/mol. The molecule has 1 aromatic rings. The predicted octanol–water partition coefficient (Wildman–Crippen LogP) is 2.94. The molecule has 1 saturated heterocycles. The molecule has 1 aliphatic heterocycles. The second-order valence-corrected chi connectivity index (χ2v) is 7.04. The lowest BCUT2D eigenvalue weighted by Gasteiger charge is -2.22. The largest absolute Gasteiger partial charge is 0.492 e. The van der Waals surface area contributed by atoms with Gasteiger partial charge in [0, 0.05) is 13.2 Å². The molecule has 1 aromatic carbocycles. The summed E-state index contributed by atoms with van der Waals surface area (Å²) in [5, 5.41) is 0. The van der Waals surface area contributed by atoms with E-state index in [1.807, 2.05) is 6.92 Å². The van der Waals surface area contributed by atoms with E-state index in [4.69, 9.17) is 14.2 Å². The zero-order valence-corrected chi connectivity index (χ0v) is 14.2. The van der Waals surface area contributed by atoms with Crippen LogP contribution in [0.4, 0.5) is 0 Å². The van der Waals surface area contributed by atoms with Crippen LogP contribution in [0.1, 0.15) is 37.7 Å². The fourth-order valence-electron chi connectivity index (χ4n) is 2.38. The number of benzene rings is 1. The van der Waals surface area contributed by atoms with E-state index in [0.29, 0.717) is 13.2 Å². The van der Waals surface area contributed by atoms with Gasteiger partial charge in [-0.05, 0) is 56.7 Å². The molecule has 1 N–H and O–H groups in total. The molecule has 1 aliphatic rings. The van der Waals surface area contributed by atoms with E-state index in [-0.39, 0.29) is 16.9 Å². The highest BCUT2D eigenvalue weighted by atomic mass is 32.2. The monoisotopic (exact) mass is 344 g/mol. The molecule has 0 amide bonds. The minimum absolute atomic E-state index is 0.0902. The molecule has 6 nitrogen and oxygen atoms in total. The van der Waals surface area contributed by atoms with Crippen LogP contribution in [0, 0.1) is 6.92 Å². The Balaban J connectivity index is 1.72. The van der Waals surface area contributed by atoms with Crippen LogP contribution < -0.4 is 4.74 Å². The maximum absolute atomic E-state index is 11.3. The molecule has 1 heterocycles. The molecular formula is C16H24O6S. The molecule has 7 heteroatoms. The highest BCUT2D eigenvalue weighted by Gasteiger charge is 2.17. The van der Waals surface area contributed by atoms with E-state index in [2.05, 4.69) is 0 Å². The van der Waals surface area contributed by atoms with Crippen molar-refractivity contribution >= 4 is 10.1 Å². The average molecular weight is 344 g/mol. The Morgan fingerprint density at radius 3 is 2.74 bits per heavy atom. The molecule has 23 heavy (non-hydrogen) atoms. The molecule has 0 aliphatic carbocycles. The third-order valence-corrected chi connectivity index (χ3v) is 4.51. The molecule has 0 aromatic heterocycles. The number of unbranched alkanes of at least 4 members (excludes halogenated alkanes) is 1. The average Bonchev–Trinajstić information content (AvgIpc) is 2.50. The lowest BCUT2D eigenvalue weighted by atomic mass is 10.2. The third kappa shape index (κ3) is 6.10. The summed E-state index contributed by atoms with van der Waals surface area (Å²) in [4.78, 5) is -0.199. The minimum atomic E-state index is -4.28. The van der Waals surface area contributed by atoms with E-state index >= 15 is 0 Å². The maximum atomic E-state index is 11.3. The Morgan fingerprint density at radius 2 is 2.04 bits per heavy atom. The molecule has 0 saturated carbocycles. The first-order chi connectivity index (χ1) is 11.0. The van der Waals surface area contributed by atoms with E-state index in [1.165, 1.54) is 6.07 Å². The summed E-state index contributed by atoms with van der Waals surface area (Å²) in [6, 6.07) is 4.58. The van der Waals surface area contributed by atoms with Crippen molar-refractivity contribution < 1.29 is 27.2 Å². The number of hydrogen-bond donors (Lipinski definition) is 1. The maximum Gasteiger partial charge on any atom is 0.298 e. The van der Waals surface area contributed by atoms with Crippen LogP contribution in [0.25, 0.3) is 0 Å². The number of ether oxygens (including phenoxy) is 3. The Hall–Kier alpha value is -1.15. The molecule has 0 radical (unpaired) electrons. The summed E-state index contributed by atoms with van der Waals surface area (Å²) < 4.78 is 48.4. The third-order valence-electron chi connectivity index (χ3n) is 3.62. The van der Waals surface area contributed by atoms with Gasteiger partial charge in [-0.1, -0.05) is 6.07 Å². The molecule has 0 unspecified atom stereocenters. The lowest BCUT2D eigenvalue weighted by molar-refractivity contribution is -0.162. The molecule has 1 atom stereocenters. The van der Waals surface area contributed by atoms with Crippen molar-refractivity contribution in [2.75, 3.05) is 19.8 Å². The summed E-state index contributed by atoms with van der Waals surface area (Å²) in [7, 11) is -4.28. The summed E-state index contributed by atoms with van der Waals surface area (Å²) in [5.74, 6) is 0.184. The molecule has 2 rings (SSSR count). The van der Waals surface area contributed by atoms with Gasteiger partial charge >= 0.3 is 0 Å².